The lowest BCUT2D eigenvalue weighted by Gasteiger charge is -2.33. The van der Waals surface area contributed by atoms with Gasteiger partial charge in [-0.05, 0) is 31.3 Å². The molecule has 1 saturated heterocycles. The molecule has 1 aromatic heterocycles. The van der Waals surface area contributed by atoms with Crippen LogP contribution in [0.4, 0.5) is 17.2 Å². The van der Waals surface area contributed by atoms with Gasteiger partial charge in [0.15, 0.2) is 0 Å². The van der Waals surface area contributed by atoms with Crippen LogP contribution in [-0.4, -0.2) is 53.9 Å². The highest BCUT2D eigenvalue weighted by Crippen LogP contribution is 2.24. The summed E-state index contributed by atoms with van der Waals surface area (Å²) < 4.78 is 0. The Labute approximate surface area is 155 Å². The first-order chi connectivity index (χ1) is 12.4. The second-order valence-corrected chi connectivity index (χ2v) is 6.50. The molecule has 1 fully saturated rings. The predicted molar refractivity (Wildman–Crippen MR) is 100 cm³/mol. The number of nitrogens with one attached hydrogen (secondary N) is 1. The number of pyridine rings is 1. The van der Waals surface area contributed by atoms with Crippen LogP contribution >= 0.6 is 11.6 Å². The van der Waals surface area contributed by atoms with Crippen LogP contribution in [-0.2, 0) is 0 Å². The normalized spacial score (nSPS) is 14.9. The molecule has 0 unspecified atom stereocenters. The van der Waals surface area contributed by atoms with Gasteiger partial charge in [0, 0.05) is 37.3 Å². The number of piperazine rings is 1. The molecule has 1 N–H and O–H groups in total. The number of aromatic nitrogens is 1. The van der Waals surface area contributed by atoms with Crippen molar-refractivity contribution in [1.82, 2.24) is 9.88 Å². The van der Waals surface area contributed by atoms with Crippen LogP contribution in [0.15, 0.2) is 36.5 Å². The number of hydrogen-bond acceptors (Lipinski definition) is 6. The minimum atomic E-state index is -0.629. The molecule has 9 heteroatoms. The molecular formula is C17H18ClN5O3. The third kappa shape index (κ3) is 4.09. The van der Waals surface area contributed by atoms with Gasteiger partial charge in [-0.3, -0.25) is 14.9 Å². The van der Waals surface area contributed by atoms with Gasteiger partial charge in [-0.2, -0.15) is 0 Å². The molecule has 0 aliphatic carbocycles. The van der Waals surface area contributed by atoms with Gasteiger partial charge < -0.3 is 15.1 Å². The van der Waals surface area contributed by atoms with E-state index in [9.17, 15) is 14.9 Å². The van der Waals surface area contributed by atoms with Crippen LogP contribution in [0.1, 0.15) is 10.4 Å². The van der Waals surface area contributed by atoms with Crippen molar-refractivity contribution in [3.63, 3.8) is 0 Å². The van der Waals surface area contributed by atoms with Gasteiger partial charge in [0.2, 0.25) is 0 Å². The van der Waals surface area contributed by atoms with Gasteiger partial charge in [0.25, 0.3) is 11.6 Å². The summed E-state index contributed by atoms with van der Waals surface area (Å²) in [5.74, 6) is 0.260. The van der Waals surface area contributed by atoms with E-state index in [4.69, 9.17) is 11.6 Å². The number of amides is 1. The van der Waals surface area contributed by atoms with Crippen molar-refractivity contribution in [2.75, 3.05) is 43.4 Å². The zero-order valence-corrected chi connectivity index (χ0v) is 14.9. The summed E-state index contributed by atoms with van der Waals surface area (Å²) in [5.41, 5.74) is 0.0803. The minimum absolute atomic E-state index is 0.0532. The topological polar surface area (TPSA) is 91.6 Å². The SMILES string of the molecule is CN1CCN(c2ccc(NC(=O)c3ccc(Cl)cc3[N+](=O)[O-])cn2)CC1. The first-order valence-electron chi connectivity index (χ1n) is 8.09. The Morgan fingerprint density at radius 2 is 1.96 bits per heavy atom. The molecule has 1 amide bonds. The summed E-state index contributed by atoms with van der Waals surface area (Å²) in [5, 5.41) is 14.0. The number of anilines is 2. The van der Waals surface area contributed by atoms with E-state index in [-0.39, 0.29) is 16.3 Å². The average Bonchev–Trinajstić information content (AvgIpc) is 2.63. The molecule has 1 aliphatic rings. The highest BCUT2D eigenvalue weighted by Gasteiger charge is 2.21. The number of nitrogens with zero attached hydrogens (tertiary/aromatic N) is 4. The average molecular weight is 376 g/mol. The van der Waals surface area contributed by atoms with Crippen molar-refractivity contribution in [2.45, 2.75) is 0 Å². The maximum Gasteiger partial charge on any atom is 0.283 e. The van der Waals surface area contributed by atoms with Crippen molar-refractivity contribution >= 4 is 34.7 Å². The fourth-order valence-electron chi connectivity index (χ4n) is 2.73. The summed E-state index contributed by atoms with van der Waals surface area (Å²) >= 11 is 5.77. The Morgan fingerprint density at radius 3 is 2.58 bits per heavy atom. The first-order valence-corrected chi connectivity index (χ1v) is 8.46. The zero-order chi connectivity index (χ0) is 18.7. The van der Waals surface area contributed by atoms with Crippen LogP contribution in [0.3, 0.4) is 0 Å². The van der Waals surface area contributed by atoms with Gasteiger partial charge in [-0.1, -0.05) is 11.6 Å². The van der Waals surface area contributed by atoms with Crippen molar-refractivity contribution in [3.05, 3.63) is 57.2 Å². The third-order valence-electron chi connectivity index (χ3n) is 4.23. The molecule has 0 saturated carbocycles. The number of carbonyl (C=O) groups excluding carboxylic acids is 1. The highest BCUT2D eigenvalue weighted by molar-refractivity contribution is 6.31. The number of carbonyl (C=O) groups is 1. The molecule has 8 nitrogen and oxygen atoms in total. The van der Waals surface area contributed by atoms with Crippen LogP contribution in [0, 0.1) is 10.1 Å². The predicted octanol–water partition coefficient (Wildman–Crippen LogP) is 2.65. The Balaban J connectivity index is 1.71. The lowest BCUT2D eigenvalue weighted by Crippen LogP contribution is -2.44. The van der Waals surface area contributed by atoms with Crippen molar-refractivity contribution in [2.24, 2.45) is 0 Å². The molecule has 3 rings (SSSR count). The van der Waals surface area contributed by atoms with Crippen LogP contribution in [0.2, 0.25) is 5.02 Å². The van der Waals surface area contributed by atoms with Crippen molar-refractivity contribution in [1.29, 1.82) is 0 Å². The largest absolute Gasteiger partial charge is 0.354 e. The van der Waals surface area contributed by atoms with E-state index in [2.05, 4.69) is 27.1 Å². The lowest BCUT2D eigenvalue weighted by atomic mass is 10.1. The standard InChI is InChI=1S/C17H18ClN5O3/c1-21-6-8-22(9-7-21)16-5-3-13(11-19-16)20-17(24)14-4-2-12(18)10-15(14)23(25)26/h2-5,10-11H,6-9H2,1H3,(H,20,24). The number of benzene rings is 1. The van der Waals surface area contributed by atoms with Crippen LogP contribution in [0.25, 0.3) is 0 Å². The zero-order valence-electron chi connectivity index (χ0n) is 14.2. The maximum absolute atomic E-state index is 12.4. The van der Waals surface area contributed by atoms with Gasteiger partial charge in [-0.25, -0.2) is 4.98 Å². The van der Waals surface area contributed by atoms with Crippen molar-refractivity contribution < 1.29 is 9.72 Å². The highest BCUT2D eigenvalue weighted by atomic mass is 35.5. The molecule has 1 aromatic carbocycles. The second-order valence-electron chi connectivity index (χ2n) is 6.07. The molecule has 136 valence electrons. The van der Waals surface area contributed by atoms with E-state index in [0.29, 0.717) is 5.69 Å². The summed E-state index contributed by atoms with van der Waals surface area (Å²) in [4.78, 5) is 31.7. The van der Waals surface area contributed by atoms with Crippen LogP contribution < -0.4 is 10.2 Å². The van der Waals surface area contributed by atoms with E-state index in [0.717, 1.165) is 38.1 Å². The Hall–Kier alpha value is -2.71. The van der Waals surface area contributed by atoms with Gasteiger partial charge in [0.1, 0.15) is 11.4 Å². The van der Waals surface area contributed by atoms with Gasteiger partial charge >= 0.3 is 0 Å². The smallest absolute Gasteiger partial charge is 0.283 e. The summed E-state index contributed by atoms with van der Waals surface area (Å²) in [7, 11) is 2.08. The summed E-state index contributed by atoms with van der Waals surface area (Å²) in [6.45, 7) is 3.74. The number of likely N-dealkylation sites (N-methyl/N-ethyl adjacent to an activating group) is 1. The molecular weight excluding hydrogens is 358 g/mol. The first kappa shape index (κ1) is 18.1. The maximum atomic E-state index is 12.4. The summed E-state index contributed by atoms with van der Waals surface area (Å²) in [6, 6.07) is 7.50. The molecule has 0 spiro atoms. The van der Waals surface area contributed by atoms with E-state index in [1.807, 2.05) is 6.07 Å². The van der Waals surface area contributed by atoms with Gasteiger partial charge in [-0.15, -0.1) is 0 Å². The monoisotopic (exact) mass is 375 g/mol. The molecule has 0 atom stereocenters. The number of nitro groups is 1. The number of nitro benzene ring substituents is 1. The molecule has 26 heavy (non-hydrogen) atoms. The lowest BCUT2D eigenvalue weighted by molar-refractivity contribution is -0.385. The number of hydrogen-bond donors (Lipinski definition) is 1. The summed E-state index contributed by atoms with van der Waals surface area (Å²) in [6.07, 6.45) is 1.55. The second kappa shape index (κ2) is 7.67. The number of rotatable bonds is 4. The van der Waals surface area contributed by atoms with Crippen molar-refractivity contribution in [3.8, 4) is 0 Å². The molecule has 2 aromatic rings. The van der Waals surface area contributed by atoms with Crippen LogP contribution in [0.5, 0.6) is 0 Å². The van der Waals surface area contributed by atoms with E-state index in [1.54, 1.807) is 12.3 Å². The van der Waals surface area contributed by atoms with E-state index < -0.39 is 10.8 Å². The Kier molecular flexibility index (Phi) is 5.34. The van der Waals surface area contributed by atoms with Gasteiger partial charge in [0.05, 0.1) is 16.8 Å². The quantitative estimate of drug-likeness (QED) is 0.652. The van der Waals surface area contributed by atoms with E-state index >= 15 is 0 Å². The fraction of sp³-hybridized carbons (Fsp3) is 0.294. The third-order valence-corrected chi connectivity index (χ3v) is 4.47. The fourth-order valence-corrected chi connectivity index (χ4v) is 2.90. The molecule has 0 bridgehead atoms. The molecule has 2 heterocycles. The van der Waals surface area contributed by atoms with E-state index in [1.165, 1.54) is 12.1 Å². The minimum Gasteiger partial charge on any atom is -0.354 e. The molecule has 1 aliphatic heterocycles. The Morgan fingerprint density at radius 1 is 1.23 bits per heavy atom. The number of halogens is 1. The Bertz CT molecular complexity index is 820. The molecule has 0 radical (unpaired) electrons.